The Hall–Kier alpha value is 0.111. The topological polar surface area (TPSA) is 42.0 Å². The molecule has 1 heterocycles. The summed E-state index contributed by atoms with van der Waals surface area (Å²) in [5, 5.41) is 2.27. The fourth-order valence-corrected chi connectivity index (χ4v) is 0.853. The normalized spacial score (nSPS) is 10.4. The summed E-state index contributed by atoms with van der Waals surface area (Å²) < 4.78 is 36.4. The molecule has 0 saturated carbocycles. The number of nitrogens with one attached hydrogen (secondary N) is 1. The monoisotopic (exact) mass is 242 g/mol. The van der Waals surface area contributed by atoms with E-state index in [0.717, 1.165) is 12.1 Å². The Morgan fingerprint density at radius 1 is 1.40 bits per heavy atom. The molecule has 8 heteroatoms. The fourth-order valence-electron chi connectivity index (χ4n) is 0.853. The predicted octanol–water partition coefficient (Wildman–Crippen LogP) is -1.90. The van der Waals surface area contributed by atoms with Crippen molar-refractivity contribution in [3.8, 4) is 0 Å². The van der Waals surface area contributed by atoms with Crippen molar-refractivity contribution in [1.29, 1.82) is 0 Å². The fraction of sp³-hybridized carbons (Fsp3) is 0.143. The van der Waals surface area contributed by atoms with Crippen LogP contribution >= 0.6 is 0 Å². The molecule has 0 bridgehead atoms. The van der Waals surface area contributed by atoms with Crippen LogP contribution in [0.2, 0.25) is 0 Å². The average molecular weight is 242 g/mol. The van der Waals surface area contributed by atoms with E-state index in [1.54, 1.807) is 0 Å². The molecule has 0 aliphatic carbocycles. The summed E-state index contributed by atoms with van der Waals surface area (Å²) in [5.74, 6) is -0.260. The van der Waals surface area contributed by atoms with E-state index in [2.05, 4.69) is 10.3 Å². The second kappa shape index (κ2) is 6.00. The van der Waals surface area contributed by atoms with Crippen molar-refractivity contribution in [1.82, 2.24) is 4.98 Å². The van der Waals surface area contributed by atoms with Crippen molar-refractivity contribution in [2.45, 2.75) is 6.92 Å². The summed E-state index contributed by atoms with van der Waals surface area (Å²) in [6.07, 6.45) is 0.700. The van der Waals surface area contributed by atoms with Gasteiger partial charge in [-0.1, -0.05) is 11.5 Å². The summed E-state index contributed by atoms with van der Waals surface area (Å²) in [4.78, 5) is 14.0. The molecule has 15 heavy (non-hydrogen) atoms. The molecule has 0 spiro atoms. The molecule has 0 fully saturated rings. The third-order valence-electron chi connectivity index (χ3n) is 1.47. The number of anilines is 1. The molecule has 76 valence electrons. The average Bonchev–Trinajstić information content (AvgIpc) is 2.02. The molecule has 0 aromatic carbocycles. The zero-order valence-electron chi connectivity index (χ0n) is 8.30. The number of nitrogens with zero attached hydrogens (tertiary/aromatic N) is 1. The van der Waals surface area contributed by atoms with Gasteiger partial charge in [0.2, 0.25) is 5.91 Å². The molecule has 0 aliphatic heterocycles. The third kappa shape index (κ3) is 5.12. The Balaban J connectivity index is 0.00000196. The van der Waals surface area contributed by atoms with Gasteiger partial charge in [0.25, 0.3) is 0 Å². The molecular weight excluding hydrogens is 235 g/mol. The van der Waals surface area contributed by atoms with Crippen molar-refractivity contribution >= 4 is 24.2 Å². The van der Waals surface area contributed by atoms with Gasteiger partial charge in [-0.2, -0.15) is 0 Å². The number of aromatic nitrogens is 1. The van der Waals surface area contributed by atoms with Crippen LogP contribution in [0, 0.1) is 0 Å². The van der Waals surface area contributed by atoms with Crippen LogP contribution in [-0.2, 0) is 4.79 Å². The number of amides is 1. The second-order valence-corrected chi connectivity index (χ2v) is 2.73. The Morgan fingerprint density at radius 2 is 2.00 bits per heavy atom. The van der Waals surface area contributed by atoms with Gasteiger partial charge in [0.15, 0.2) is 0 Å². The van der Waals surface area contributed by atoms with Gasteiger partial charge >= 0.3 is 58.4 Å². The van der Waals surface area contributed by atoms with Crippen molar-refractivity contribution in [3.05, 3.63) is 18.3 Å². The minimum Gasteiger partial charge on any atom is -0.445 e. The molecule has 0 radical (unpaired) electrons. The van der Waals surface area contributed by atoms with Crippen molar-refractivity contribution < 1.29 is 69.1 Å². The maximum absolute atomic E-state index is 12.1. The van der Waals surface area contributed by atoms with E-state index in [-0.39, 0.29) is 63.1 Å². The van der Waals surface area contributed by atoms with Crippen molar-refractivity contribution in [2.75, 3.05) is 5.32 Å². The van der Waals surface area contributed by atoms with E-state index >= 15 is 0 Å². The van der Waals surface area contributed by atoms with E-state index in [1.807, 2.05) is 0 Å². The summed E-state index contributed by atoms with van der Waals surface area (Å²) >= 11 is 0. The first kappa shape index (κ1) is 15.1. The molecule has 3 nitrogen and oxygen atoms in total. The first-order valence-electron chi connectivity index (χ1n) is 3.83. The van der Waals surface area contributed by atoms with Crippen molar-refractivity contribution in [3.63, 3.8) is 0 Å². The molecular formula is C7H7BF3KN2O. The third-order valence-corrected chi connectivity index (χ3v) is 1.47. The van der Waals surface area contributed by atoms with Gasteiger partial charge in [0, 0.05) is 13.1 Å². The Kier molecular flexibility index (Phi) is 6.04. The maximum Gasteiger partial charge on any atom is 1.00 e. The van der Waals surface area contributed by atoms with Gasteiger partial charge in [-0.05, 0) is 6.07 Å². The smallest absolute Gasteiger partial charge is 0.445 e. The van der Waals surface area contributed by atoms with E-state index in [9.17, 15) is 17.7 Å². The summed E-state index contributed by atoms with van der Waals surface area (Å²) in [7, 11) is 0. The van der Waals surface area contributed by atoms with Crippen LogP contribution in [0.5, 0.6) is 0 Å². The van der Waals surface area contributed by atoms with Crippen LogP contribution in [0.1, 0.15) is 6.92 Å². The molecule has 1 aromatic heterocycles. The van der Waals surface area contributed by atoms with Gasteiger partial charge in [-0.15, -0.1) is 0 Å². The summed E-state index contributed by atoms with van der Waals surface area (Å²) in [6.45, 7) is -3.76. The first-order valence-corrected chi connectivity index (χ1v) is 3.83. The Labute approximate surface area is 127 Å². The minimum absolute atomic E-state index is 0. The number of hydrogen-bond donors (Lipinski definition) is 1. The minimum atomic E-state index is -5.02. The van der Waals surface area contributed by atoms with Gasteiger partial charge in [-0.25, -0.2) is 4.98 Å². The summed E-state index contributed by atoms with van der Waals surface area (Å²) in [5.41, 5.74) is -0.779. The molecule has 0 atom stereocenters. The van der Waals surface area contributed by atoms with E-state index in [1.165, 1.54) is 6.92 Å². The molecule has 1 aromatic rings. The summed E-state index contributed by atoms with van der Waals surface area (Å²) in [6, 6.07) is 2.00. The number of carbonyl (C=O) groups excluding carboxylic acids is 1. The predicted molar refractivity (Wildman–Crippen MR) is 47.3 cm³/mol. The standard InChI is InChI=1S/C7H7BF3N2O.K/c1-5(14)13-7-3-2-6(4-12-7)8(9,10)11;/h2-4H,1H3,(H,12,13,14);/q-1;+1. The van der Waals surface area contributed by atoms with Gasteiger partial charge in [0.1, 0.15) is 5.82 Å². The number of rotatable bonds is 2. The molecule has 0 aliphatic rings. The Bertz CT molecular complexity index is 341. The first-order chi connectivity index (χ1) is 6.39. The van der Waals surface area contributed by atoms with Crippen LogP contribution in [0.15, 0.2) is 18.3 Å². The van der Waals surface area contributed by atoms with Gasteiger partial charge in [0.05, 0.1) is 0 Å². The van der Waals surface area contributed by atoms with Crippen LogP contribution in [0.25, 0.3) is 0 Å². The zero-order valence-corrected chi connectivity index (χ0v) is 11.4. The quantitative estimate of drug-likeness (QED) is 0.615. The SMILES string of the molecule is CC(=O)Nc1ccc([B-](F)(F)F)cn1.[K+]. The van der Waals surface area contributed by atoms with Crippen LogP contribution < -0.4 is 62.2 Å². The van der Waals surface area contributed by atoms with Crippen LogP contribution in [-0.4, -0.2) is 17.9 Å². The van der Waals surface area contributed by atoms with Crippen LogP contribution in [0.4, 0.5) is 18.8 Å². The maximum atomic E-state index is 12.1. The van der Waals surface area contributed by atoms with Gasteiger partial charge < -0.3 is 18.3 Å². The molecule has 0 unspecified atom stereocenters. The molecule has 1 rings (SSSR count). The number of halogens is 3. The van der Waals surface area contributed by atoms with E-state index in [0.29, 0.717) is 6.20 Å². The Morgan fingerprint density at radius 3 is 2.33 bits per heavy atom. The second-order valence-electron chi connectivity index (χ2n) is 2.73. The van der Waals surface area contributed by atoms with E-state index < -0.39 is 12.4 Å². The molecule has 0 saturated heterocycles. The zero-order chi connectivity index (χ0) is 10.8. The van der Waals surface area contributed by atoms with Crippen molar-refractivity contribution in [2.24, 2.45) is 0 Å². The largest absolute Gasteiger partial charge is 1.00 e. The van der Waals surface area contributed by atoms with E-state index in [4.69, 9.17) is 0 Å². The number of pyridine rings is 1. The number of hydrogen-bond acceptors (Lipinski definition) is 2. The van der Waals surface area contributed by atoms with Crippen LogP contribution in [0.3, 0.4) is 0 Å². The molecule has 1 amide bonds. The molecule has 1 N–H and O–H groups in total. The van der Waals surface area contributed by atoms with Gasteiger partial charge in [-0.3, -0.25) is 4.79 Å². The number of carbonyl (C=O) groups is 1.